The van der Waals surface area contributed by atoms with Gasteiger partial charge < -0.3 is 9.97 Å². The Morgan fingerprint density at radius 1 is 0.548 bits per heavy atom. The number of hydrogen-bond donors (Lipinski definition) is 2. The molecule has 4 aromatic rings. The van der Waals surface area contributed by atoms with Gasteiger partial charge in [-0.1, -0.05) is 30.3 Å². The summed E-state index contributed by atoms with van der Waals surface area (Å²) in [5, 5.41) is 0. The first-order chi connectivity index (χ1) is 14.8. The maximum atomic E-state index is 4.90. The molecular formula is C26H18CuN4. The molecule has 2 aliphatic rings. The molecule has 0 spiro atoms. The third-order valence-corrected chi connectivity index (χ3v) is 5.25. The Morgan fingerprint density at radius 2 is 1.13 bits per heavy atom. The molecule has 153 valence electrons. The van der Waals surface area contributed by atoms with E-state index in [-0.39, 0.29) is 17.1 Å². The standard InChI is InChI=1S/C26H18N4.Cu/c1-2-4-17(5-3-1)25-15-24-14-22-9-8-20(28-22)12-18-6-7-19(27-18)13-21-10-11-23(29-21)16-26(25)30-24;/h1-16,27-28H;. The molecule has 0 amide bonds. The van der Waals surface area contributed by atoms with E-state index >= 15 is 0 Å². The number of hydrogen-bond acceptors (Lipinski definition) is 2. The summed E-state index contributed by atoms with van der Waals surface area (Å²) in [6, 6.07) is 26.9. The molecule has 0 saturated heterocycles. The van der Waals surface area contributed by atoms with Crippen molar-refractivity contribution in [3.63, 3.8) is 0 Å². The van der Waals surface area contributed by atoms with E-state index in [1.807, 2.05) is 18.2 Å². The van der Waals surface area contributed by atoms with E-state index in [1.54, 1.807) is 0 Å². The Bertz CT molecular complexity index is 1490. The second-order valence-electron chi connectivity index (χ2n) is 7.46. The predicted octanol–water partition coefficient (Wildman–Crippen LogP) is 6.07. The fraction of sp³-hybridized carbons (Fsp3) is 0. The van der Waals surface area contributed by atoms with Gasteiger partial charge in [0, 0.05) is 44.7 Å². The first kappa shape index (κ1) is 19.3. The van der Waals surface area contributed by atoms with E-state index in [9.17, 15) is 0 Å². The van der Waals surface area contributed by atoms with E-state index in [4.69, 9.17) is 9.97 Å². The van der Waals surface area contributed by atoms with E-state index in [0.717, 1.165) is 56.0 Å². The molecule has 0 aliphatic carbocycles. The van der Waals surface area contributed by atoms with E-state index in [0.29, 0.717) is 0 Å². The van der Waals surface area contributed by atoms with Gasteiger partial charge in [0.25, 0.3) is 0 Å². The van der Waals surface area contributed by atoms with Gasteiger partial charge >= 0.3 is 0 Å². The molecule has 4 nitrogen and oxygen atoms in total. The number of aromatic nitrogens is 4. The van der Waals surface area contributed by atoms with Gasteiger partial charge in [0.05, 0.1) is 22.8 Å². The van der Waals surface area contributed by atoms with Crippen LogP contribution in [0.15, 0.2) is 78.9 Å². The van der Waals surface area contributed by atoms with Crippen LogP contribution in [0.25, 0.3) is 45.9 Å². The van der Waals surface area contributed by atoms with Crippen molar-refractivity contribution in [1.82, 2.24) is 19.9 Å². The predicted molar refractivity (Wildman–Crippen MR) is 123 cm³/mol. The minimum atomic E-state index is 0. The molecule has 5 heterocycles. The summed E-state index contributed by atoms with van der Waals surface area (Å²) in [6.07, 6.45) is 6.20. The first-order valence-electron chi connectivity index (χ1n) is 9.92. The van der Waals surface area contributed by atoms with Gasteiger partial charge in [-0.3, -0.25) is 0 Å². The topological polar surface area (TPSA) is 57.4 Å². The summed E-state index contributed by atoms with van der Waals surface area (Å²) in [5.74, 6) is 0. The van der Waals surface area contributed by atoms with Gasteiger partial charge in [0.1, 0.15) is 0 Å². The molecule has 31 heavy (non-hydrogen) atoms. The van der Waals surface area contributed by atoms with Crippen LogP contribution in [0.4, 0.5) is 0 Å². The summed E-state index contributed by atoms with van der Waals surface area (Å²) in [4.78, 5) is 16.5. The van der Waals surface area contributed by atoms with Gasteiger partial charge in [0.2, 0.25) is 0 Å². The Kier molecular flexibility index (Phi) is 4.91. The monoisotopic (exact) mass is 449 g/mol. The molecule has 3 aromatic heterocycles. The molecular weight excluding hydrogens is 432 g/mol. The van der Waals surface area contributed by atoms with Gasteiger partial charge in [-0.25, -0.2) is 9.97 Å². The number of rotatable bonds is 1. The minimum absolute atomic E-state index is 0. The van der Waals surface area contributed by atoms with Crippen molar-refractivity contribution < 1.29 is 17.1 Å². The molecule has 5 heteroatoms. The normalized spacial score (nSPS) is 12.3. The second-order valence-corrected chi connectivity index (χ2v) is 7.46. The molecule has 0 fully saturated rings. The van der Waals surface area contributed by atoms with Crippen molar-refractivity contribution in [2.75, 3.05) is 0 Å². The molecule has 0 saturated carbocycles. The summed E-state index contributed by atoms with van der Waals surface area (Å²) in [5.41, 5.74) is 10.0. The van der Waals surface area contributed by atoms with E-state index in [1.165, 1.54) is 0 Å². The van der Waals surface area contributed by atoms with Gasteiger partial charge in [-0.05, 0) is 72.3 Å². The summed E-state index contributed by atoms with van der Waals surface area (Å²) >= 11 is 0. The van der Waals surface area contributed by atoms with Crippen LogP contribution >= 0.6 is 0 Å². The van der Waals surface area contributed by atoms with Crippen molar-refractivity contribution in [2.24, 2.45) is 0 Å². The molecule has 2 N–H and O–H groups in total. The summed E-state index contributed by atoms with van der Waals surface area (Å²) in [7, 11) is 0. The van der Waals surface area contributed by atoms with Gasteiger partial charge in [-0.15, -0.1) is 0 Å². The van der Waals surface area contributed by atoms with Crippen LogP contribution in [-0.2, 0) is 17.1 Å². The SMILES string of the molecule is C1=Cc2cc3ccc(cc4ccc(cc5nc(cc1n2)C(c1ccccc1)=C5)[nH]4)[nH]3.[Cu]. The average molecular weight is 450 g/mol. The van der Waals surface area contributed by atoms with E-state index in [2.05, 4.69) is 88.8 Å². The summed E-state index contributed by atoms with van der Waals surface area (Å²) < 4.78 is 0. The first-order valence-corrected chi connectivity index (χ1v) is 9.92. The van der Waals surface area contributed by atoms with Gasteiger partial charge in [0.15, 0.2) is 0 Å². The average Bonchev–Trinajstić information content (AvgIpc) is 3.53. The zero-order valence-corrected chi connectivity index (χ0v) is 17.4. The van der Waals surface area contributed by atoms with Crippen molar-refractivity contribution in [3.8, 4) is 0 Å². The third kappa shape index (κ3) is 3.89. The second kappa shape index (κ2) is 7.88. The van der Waals surface area contributed by atoms with Gasteiger partial charge in [-0.2, -0.15) is 0 Å². The maximum absolute atomic E-state index is 4.90. The Morgan fingerprint density at radius 3 is 1.81 bits per heavy atom. The van der Waals surface area contributed by atoms with Crippen LogP contribution < -0.4 is 0 Å². The van der Waals surface area contributed by atoms with Crippen LogP contribution in [0, 0.1) is 0 Å². The Hall–Kier alpha value is -3.66. The molecule has 1 aromatic carbocycles. The Labute approximate surface area is 189 Å². The van der Waals surface area contributed by atoms with E-state index < -0.39 is 0 Å². The number of aromatic amines is 2. The van der Waals surface area contributed by atoms with Crippen LogP contribution in [0.3, 0.4) is 0 Å². The molecule has 2 aliphatic heterocycles. The van der Waals surface area contributed by atoms with Crippen LogP contribution in [-0.4, -0.2) is 19.9 Å². The van der Waals surface area contributed by atoms with Crippen molar-refractivity contribution in [2.45, 2.75) is 0 Å². The van der Waals surface area contributed by atoms with Crippen molar-refractivity contribution >= 4 is 45.9 Å². The number of nitrogens with one attached hydrogen (secondary N) is 2. The number of fused-ring (bicyclic) bond motifs is 8. The number of H-pyrrole nitrogens is 2. The zero-order valence-electron chi connectivity index (χ0n) is 16.4. The number of nitrogens with zero attached hydrogens (tertiary/aromatic N) is 2. The quantitative estimate of drug-likeness (QED) is 0.299. The van der Waals surface area contributed by atoms with Crippen molar-refractivity contribution in [3.05, 3.63) is 107 Å². The third-order valence-electron chi connectivity index (χ3n) is 5.25. The van der Waals surface area contributed by atoms with Crippen molar-refractivity contribution in [1.29, 1.82) is 0 Å². The van der Waals surface area contributed by atoms with Crippen LogP contribution in [0.1, 0.15) is 28.3 Å². The fourth-order valence-corrected chi connectivity index (χ4v) is 3.86. The molecule has 8 bridgehead atoms. The fourth-order valence-electron chi connectivity index (χ4n) is 3.86. The largest absolute Gasteiger partial charge is 0.355 e. The molecule has 0 atom stereocenters. The maximum Gasteiger partial charge on any atom is 0.0737 e. The zero-order chi connectivity index (χ0) is 19.9. The molecule has 0 unspecified atom stereocenters. The van der Waals surface area contributed by atoms with Crippen LogP contribution in [0.2, 0.25) is 0 Å². The molecule has 1 radical (unpaired) electrons. The molecule has 6 rings (SSSR count). The smallest absolute Gasteiger partial charge is 0.0737 e. The minimum Gasteiger partial charge on any atom is -0.355 e. The van der Waals surface area contributed by atoms with Crippen LogP contribution in [0.5, 0.6) is 0 Å². The Balaban J connectivity index is 0.00000204. The summed E-state index contributed by atoms with van der Waals surface area (Å²) in [6.45, 7) is 0. The number of benzene rings is 1.